The van der Waals surface area contributed by atoms with E-state index >= 15 is 0 Å². The molecule has 106 valence electrons. The molecule has 3 heteroatoms. The molecule has 0 aliphatic heterocycles. The second kappa shape index (κ2) is 8.70. The van der Waals surface area contributed by atoms with Crippen LogP contribution < -0.4 is 0 Å². The predicted octanol–water partition coefficient (Wildman–Crippen LogP) is 3.71. The lowest BCUT2D eigenvalue weighted by Gasteiger charge is -2.11. The molecule has 0 spiro atoms. The average Bonchev–Trinajstić information content (AvgIpc) is 2.41. The number of carbonyl (C=O) groups is 1. The van der Waals surface area contributed by atoms with Crippen molar-refractivity contribution in [2.45, 2.75) is 58.0 Å². The van der Waals surface area contributed by atoms with E-state index in [0.29, 0.717) is 12.8 Å². The standard InChI is InChI=1S/C16H24O3/c1-2-3-6-13-9-11-14(12-10-13)15(17)7-4-5-8-16(18)19/h9-12,15,17H,2-8H2,1H3,(H,18,19). The summed E-state index contributed by atoms with van der Waals surface area (Å²) in [7, 11) is 0. The highest BCUT2D eigenvalue weighted by molar-refractivity contribution is 5.66. The van der Waals surface area contributed by atoms with Crippen molar-refractivity contribution in [1.29, 1.82) is 0 Å². The van der Waals surface area contributed by atoms with Crippen molar-refractivity contribution in [3.63, 3.8) is 0 Å². The second-order valence-corrected chi connectivity index (χ2v) is 5.00. The van der Waals surface area contributed by atoms with Crippen LogP contribution in [0.1, 0.15) is 62.7 Å². The number of aryl methyl sites for hydroxylation is 1. The summed E-state index contributed by atoms with van der Waals surface area (Å²) < 4.78 is 0. The molecule has 0 aliphatic rings. The van der Waals surface area contributed by atoms with Gasteiger partial charge in [0.25, 0.3) is 0 Å². The van der Waals surface area contributed by atoms with Gasteiger partial charge >= 0.3 is 5.97 Å². The van der Waals surface area contributed by atoms with Crippen molar-refractivity contribution in [2.24, 2.45) is 0 Å². The fraction of sp³-hybridized carbons (Fsp3) is 0.562. The Morgan fingerprint density at radius 2 is 1.84 bits per heavy atom. The van der Waals surface area contributed by atoms with Gasteiger partial charge in [0, 0.05) is 6.42 Å². The van der Waals surface area contributed by atoms with Gasteiger partial charge in [0.15, 0.2) is 0 Å². The zero-order valence-corrected chi connectivity index (χ0v) is 11.6. The van der Waals surface area contributed by atoms with E-state index in [1.165, 1.54) is 18.4 Å². The molecule has 0 bridgehead atoms. The summed E-state index contributed by atoms with van der Waals surface area (Å²) in [5, 5.41) is 18.5. The first-order valence-corrected chi connectivity index (χ1v) is 7.12. The van der Waals surface area contributed by atoms with Crippen LogP contribution in [-0.4, -0.2) is 16.2 Å². The zero-order valence-electron chi connectivity index (χ0n) is 11.6. The van der Waals surface area contributed by atoms with Crippen molar-refractivity contribution in [2.75, 3.05) is 0 Å². The lowest BCUT2D eigenvalue weighted by Crippen LogP contribution is -1.99. The fourth-order valence-corrected chi connectivity index (χ4v) is 2.07. The smallest absolute Gasteiger partial charge is 0.303 e. The summed E-state index contributed by atoms with van der Waals surface area (Å²) in [6.45, 7) is 2.18. The second-order valence-electron chi connectivity index (χ2n) is 5.00. The number of rotatable bonds is 9. The molecule has 2 N–H and O–H groups in total. The fourth-order valence-electron chi connectivity index (χ4n) is 2.07. The van der Waals surface area contributed by atoms with Gasteiger partial charge in [0.1, 0.15) is 0 Å². The Kier molecular flexibility index (Phi) is 7.19. The molecule has 3 nitrogen and oxygen atoms in total. The normalized spacial score (nSPS) is 12.3. The van der Waals surface area contributed by atoms with E-state index < -0.39 is 12.1 Å². The van der Waals surface area contributed by atoms with Gasteiger partial charge in [0.05, 0.1) is 6.10 Å². The molecule has 1 aromatic carbocycles. The zero-order chi connectivity index (χ0) is 14.1. The van der Waals surface area contributed by atoms with Crippen LogP contribution in [0.15, 0.2) is 24.3 Å². The Hall–Kier alpha value is -1.35. The Morgan fingerprint density at radius 1 is 1.16 bits per heavy atom. The first-order chi connectivity index (χ1) is 9.13. The third kappa shape index (κ3) is 6.39. The molecule has 1 unspecified atom stereocenters. The van der Waals surface area contributed by atoms with Crippen LogP contribution in [0.3, 0.4) is 0 Å². The number of aliphatic carboxylic acids is 1. The number of carboxylic acid groups (broad SMARTS) is 1. The van der Waals surface area contributed by atoms with E-state index in [4.69, 9.17) is 5.11 Å². The first-order valence-electron chi connectivity index (χ1n) is 7.12. The van der Waals surface area contributed by atoms with Crippen LogP contribution in [0.2, 0.25) is 0 Å². The number of hydrogen-bond acceptors (Lipinski definition) is 2. The SMILES string of the molecule is CCCCc1ccc(C(O)CCCCC(=O)O)cc1. The van der Waals surface area contributed by atoms with E-state index in [1.807, 2.05) is 12.1 Å². The van der Waals surface area contributed by atoms with E-state index in [2.05, 4.69) is 19.1 Å². The van der Waals surface area contributed by atoms with Crippen LogP contribution >= 0.6 is 0 Å². The molecule has 0 radical (unpaired) electrons. The topological polar surface area (TPSA) is 57.5 Å². The van der Waals surface area contributed by atoms with Crippen molar-refractivity contribution < 1.29 is 15.0 Å². The van der Waals surface area contributed by atoms with Gasteiger partial charge in [-0.1, -0.05) is 37.6 Å². The summed E-state index contributed by atoms with van der Waals surface area (Å²) in [6, 6.07) is 8.11. The maximum absolute atomic E-state index is 10.4. The van der Waals surface area contributed by atoms with Crippen LogP contribution in [0.25, 0.3) is 0 Å². The maximum atomic E-state index is 10.4. The minimum atomic E-state index is -0.769. The van der Waals surface area contributed by atoms with Crippen molar-refractivity contribution in [3.8, 4) is 0 Å². The maximum Gasteiger partial charge on any atom is 0.303 e. The predicted molar refractivity (Wildman–Crippen MR) is 76.1 cm³/mol. The molecule has 1 atom stereocenters. The van der Waals surface area contributed by atoms with Crippen molar-refractivity contribution in [3.05, 3.63) is 35.4 Å². The van der Waals surface area contributed by atoms with E-state index in [0.717, 1.165) is 18.4 Å². The average molecular weight is 264 g/mol. The molecule has 0 aliphatic carbocycles. The number of benzene rings is 1. The third-order valence-electron chi connectivity index (χ3n) is 3.30. The van der Waals surface area contributed by atoms with E-state index in [9.17, 15) is 9.90 Å². The van der Waals surface area contributed by atoms with Crippen LogP contribution in [0.5, 0.6) is 0 Å². The Balaban J connectivity index is 2.35. The quantitative estimate of drug-likeness (QED) is 0.668. The first kappa shape index (κ1) is 15.7. The molecule has 1 aromatic rings. The lowest BCUT2D eigenvalue weighted by molar-refractivity contribution is -0.137. The summed E-state index contributed by atoms with van der Waals surface area (Å²) in [5.74, 6) is -0.769. The summed E-state index contributed by atoms with van der Waals surface area (Å²) in [5.41, 5.74) is 2.24. The van der Waals surface area contributed by atoms with E-state index in [-0.39, 0.29) is 6.42 Å². The number of unbranched alkanes of at least 4 members (excludes halogenated alkanes) is 2. The number of carboxylic acids is 1. The summed E-state index contributed by atoms with van der Waals surface area (Å²) in [4.78, 5) is 10.4. The molecular formula is C16H24O3. The van der Waals surface area contributed by atoms with Crippen LogP contribution in [0, 0.1) is 0 Å². The Morgan fingerprint density at radius 3 is 2.42 bits per heavy atom. The molecule has 0 heterocycles. The van der Waals surface area contributed by atoms with Gasteiger partial charge < -0.3 is 10.2 Å². The molecule has 0 aromatic heterocycles. The van der Waals surface area contributed by atoms with Gasteiger partial charge in [-0.2, -0.15) is 0 Å². The lowest BCUT2D eigenvalue weighted by atomic mass is 10.0. The molecular weight excluding hydrogens is 240 g/mol. The van der Waals surface area contributed by atoms with Crippen molar-refractivity contribution >= 4 is 5.97 Å². The summed E-state index contributed by atoms with van der Waals surface area (Å²) >= 11 is 0. The van der Waals surface area contributed by atoms with Crippen LogP contribution in [0.4, 0.5) is 0 Å². The van der Waals surface area contributed by atoms with E-state index in [1.54, 1.807) is 0 Å². The summed E-state index contributed by atoms with van der Waals surface area (Å²) in [6.07, 6.45) is 5.17. The van der Waals surface area contributed by atoms with Gasteiger partial charge in [-0.25, -0.2) is 0 Å². The molecule has 0 saturated heterocycles. The highest BCUT2D eigenvalue weighted by atomic mass is 16.4. The Bertz CT molecular complexity index is 370. The highest BCUT2D eigenvalue weighted by Gasteiger charge is 2.07. The molecule has 19 heavy (non-hydrogen) atoms. The van der Waals surface area contributed by atoms with Crippen LogP contribution in [-0.2, 0) is 11.2 Å². The number of aliphatic hydroxyl groups is 1. The van der Waals surface area contributed by atoms with Crippen molar-refractivity contribution in [1.82, 2.24) is 0 Å². The molecule has 0 amide bonds. The monoisotopic (exact) mass is 264 g/mol. The van der Waals surface area contributed by atoms with Gasteiger partial charge in [-0.3, -0.25) is 4.79 Å². The minimum Gasteiger partial charge on any atom is -0.481 e. The van der Waals surface area contributed by atoms with Gasteiger partial charge in [-0.05, 0) is 43.2 Å². The largest absolute Gasteiger partial charge is 0.481 e. The number of aliphatic hydroxyl groups excluding tert-OH is 1. The van der Waals surface area contributed by atoms with Gasteiger partial charge in [0.2, 0.25) is 0 Å². The Labute approximate surface area is 115 Å². The molecule has 0 fully saturated rings. The number of hydrogen-bond donors (Lipinski definition) is 2. The molecule has 1 rings (SSSR count). The molecule has 0 saturated carbocycles. The van der Waals surface area contributed by atoms with Gasteiger partial charge in [-0.15, -0.1) is 0 Å². The minimum absolute atomic E-state index is 0.183. The highest BCUT2D eigenvalue weighted by Crippen LogP contribution is 2.20. The third-order valence-corrected chi connectivity index (χ3v) is 3.30.